The Hall–Kier alpha value is -0.530. The van der Waals surface area contributed by atoms with Gasteiger partial charge in [-0.1, -0.05) is 0 Å². The van der Waals surface area contributed by atoms with E-state index in [1.165, 1.54) is 6.42 Å². The molecular formula is C8H13NO. The number of piperidine rings is 1. The van der Waals surface area contributed by atoms with Crippen LogP contribution in [0.25, 0.3) is 0 Å². The molecule has 1 amide bonds. The highest BCUT2D eigenvalue weighted by atomic mass is 16.2. The fourth-order valence-corrected chi connectivity index (χ4v) is 2.14. The smallest absolute Gasteiger partial charge is 0.219 e. The van der Waals surface area contributed by atoms with Crippen LogP contribution in [0.4, 0.5) is 0 Å². The molecule has 0 N–H and O–H groups in total. The molecule has 2 heteroatoms. The average molecular weight is 139 g/mol. The molecule has 0 spiro atoms. The molecule has 1 saturated carbocycles. The van der Waals surface area contributed by atoms with E-state index in [9.17, 15) is 4.79 Å². The highest BCUT2D eigenvalue weighted by Crippen LogP contribution is 2.49. The lowest BCUT2D eigenvalue weighted by atomic mass is 10.2. The zero-order valence-electron chi connectivity index (χ0n) is 6.50. The van der Waals surface area contributed by atoms with Gasteiger partial charge in [0, 0.05) is 19.5 Å². The molecule has 3 atom stereocenters. The van der Waals surface area contributed by atoms with E-state index in [4.69, 9.17) is 0 Å². The van der Waals surface area contributed by atoms with Crippen molar-refractivity contribution in [1.82, 2.24) is 4.90 Å². The first kappa shape index (κ1) is 6.20. The number of hydrogen-bond acceptors (Lipinski definition) is 1. The molecule has 0 aromatic carbocycles. The molecule has 0 aromatic rings. The molecule has 56 valence electrons. The summed E-state index contributed by atoms with van der Waals surface area (Å²) in [7, 11) is 0. The van der Waals surface area contributed by atoms with Crippen LogP contribution in [0.15, 0.2) is 0 Å². The van der Waals surface area contributed by atoms with Gasteiger partial charge in [0.15, 0.2) is 0 Å². The lowest BCUT2D eigenvalue weighted by molar-refractivity contribution is -0.130. The Morgan fingerprint density at radius 3 is 2.60 bits per heavy atom. The third-order valence-electron chi connectivity index (χ3n) is 2.92. The second-order valence-electron chi connectivity index (χ2n) is 3.57. The summed E-state index contributed by atoms with van der Waals surface area (Å²) in [6, 6.07) is 0.530. The van der Waals surface area contributed by atoms with Gasteiger partial charge in [-0.25, -0.2) is 0 Å². The third-order valence-corrected chi connectivity index (χ3v) is 2.92. The van der Waals surface area contributed by atoms with E-state index >= 15 is 0 Å². The van der Waals surface area contributed by atoms with Crippen LogP contribution in [0.1, 0.15) is 20.3 Å². The minimum atomic E-state index is 0.250. The van der Waals surface area contributed by atoms with E-state index in [1.807, 2.05) is 4.90 Å². The minimum absolute atomic E-state index is 0.250. The summed E-state index contributed by atoms with van der Waals surface area (Å²) in [6.07, 6.45) is 1.37. The summed E-state index contributed by atoms with van der Waals surface area (Å²) in [5.41, 5.74) is 0. The first-order valence-corrected chi connectivity index (χ1v) is 3.97. The number of likely N-dealkylation sites (tertiary alicyclic amines) is 1. The van der Waals surface area contributed by atoms with Crippen molar-refractivity contribution in [2.24, 2.45) is 11.8 Å². The maximum absolute atomic E-state index is 10.9. The van der Waals surface area contributed by atoms with Crippen LogP contribution < -0.4 is 0 Å². The monoisotopic (exact) mass is 139 g/mol. The van der Waals surface area contributed by atoms with Gasteiger partial charge in [-0.2, -0.15) is 0 Å². The summed E-state index contributed by atoms with van der Waals surface area (Å²) in [5.74, 6) is 1.96. The molecule has 0 bridgehead atoms. The summed E-state index contributed by atoms with van der Waals surface area (Å²) in [5, 5.41) is 0. The minimum Gasteiger partial charge on any atom is -0.340 e. The van der Waals surface area contributed by atoms with Crippen molar-refractivity contribution < 1.29 is 4.79 Å². The van der Waals surface area contributed by atoms with Crippen LogP contribution in [0, 0.1) is 11.8 Å². The van der Waals surface area contributed by atoms with Gasteiger partial charge in [0.25, 0.3) is 0 Å². The summed E-state index contributed by atoms with van der Waals surface area (Å²) < 4.78 is 0. The topological polar surface area (TPSA) is 20.3 Å². The lowest BCUT2D eigenvalue weighted by Crippen LogP contribution is -2.34. The molecule has 2 fully saturated rings. The zero-order chi connectivity index (χ0) is 7.30. The SMILES string of the molecule is CC(=O)N1CC2CC2C1C. The van der Waals surface area contributed by atoms with Crippen LogP contribution >= 0.6 is 0 Å². The second-order valence-corrected chi connectivity index (χ2v) is 3.57. The Kier molecular flexibility index (Phi) is 1.08. The molecule has 1 heterocycles. The van der Waals surface area contributed by atoms with E-state index in [1.54, 1.807) is 6.92 Å². The van der Waals surface area contributed by atoms with E-state index in [2.05, 4.69) is 6.92 Å². The van der Waals surface area contributed by atoms with Gasteiger partial charge in [0.05, 0.1) is 0 Å². The molecule has 1 aliphatic heterocycles. The molecule has 2 nitrogen and oxygen atoms in total. The normalized spacial score (nSPS) is 43.4. The number of carbonyl (C=O) groups is 1. The summed E-state index contributed by atoms with van der Waals surface area (Å²) in [4.78, 5) is 12.9. The van der Waals surface area contributed by atoms with E-state index in [0.29, 0.717) is 6.04 Å². The molecule has 2 aliphatic rings. The molecule has 1 aliphatic carbocycles. The van der Waals surface area contributed by atoms with E-state index < -0.39 is 0 Å². The number of nitrogens with zero attached hydrogens (tertiary/aromatic N) is 1. The van der Waals surface area contributed by atoms with Crippen molar-refractivity contribution >= 4 is 5.91 Å². The second kappa shape index (κ2) is 1.74. The highest BCUT2D eigenvalue weighted by molar-refractivity contribution is 5.74. The number of hydrogen-bond donors (Lipinski definition) is 0. The Balaban J connectivity index is 2.07. The van der Waals surface area contributed by atoms with Crippen LogP contribution in [0.3, 0.4) is 0 Å². The van der Waals surface area contributed by atoms with E-state index in [0.717, 1.165) is 18.4 Å². The number of amides is 1. The zero-order valence-corrected chi connectivity index (χ0v) is 6.50. The van der Waals surface area contributed by atoms with Crippen molar-refractivity contribution in [3.63, 3.8) is 0 Å². The first-order chi connectivity index (χ1) is 4.70. The third kappa shape index (κ3) is 0.678. The largest absolute Gasteiger partial charge is 0.340 e. The molecule has 0 radical (unpaired) electrons. The Morgan fingerprint density at radius 2 is 2.30 bits per heavy atom. The fourth-order valence-electron chi connectivity index (χ4n) is 2.14. The van der Waals surface area contributed by atoms with Gasteiger partial charge >= 0.3 is 0 Å². The van der Waals surface area contributed by atoms with Crippen molar-refractivity contribution in [1.29, 1.82) is 0 Å². The highest BCUT2D eigenvalue weighted by Gasteiger charge is 2.50. The molecule has 3 unspecified atom stereocenters. The summed E-state index contributed by atoms with van der Waals surface area (Å²) in [6.45, 7) is 4.86. The van der Waals surface area contributed by atoms with Crippen molar-refractivity contribution in [2.75, 3.05) is 6.54 Å². The molecule has 10 heavy (non-hydrogen) atoms. The maximum Gasteiger partial charge on any atom is 0.219 e. The van der Waals surface area contributed by atoms with Crippen molar-refractivity contribution in [2.45, 2.75) is 26.3 Å². The van der Waals surface area contributed by atoms with E-state index in [-0.39, 0.29) is 5.91 Å². The Bertz CT molecular complexity index is 178. The van der Waals surface area contributed by atoms with Gasteiger partial charge in [-0.15, -0.1) is 0 Å². The molecule has 2 rings (SSSR count). The average Bonchev–Trinajstić information content (AvgIpc) is 2.54. The number of carbonyl (C=O) groups excluding carboxylic acids is 1. The van der Waals surface area contributed by atoms with Gasteiger partial charge in [-0.3, -0.25) is 4.79 Å². The van der Waals surface area contributed by atoms with Crippen LogP contribution in [0.5, 0.6) is 0 Å². The Morgan fingerprint density at radius 1 is 1.60 bits per heavy atom. The Labute approximate surface area is 61.2 Å². The standard InChI is InChI=1S/C8H13NO/c1-5-8-3-7(8)4-9(5)6(2)10/h5,7-8H,3-4H2,1-2H3. The number of fused-ring (bicyclic) bond motifs is 1. The van der Waals surface area contributed by atoms with Crippen LogP contribution in [-0.2, 0) is 4.79 Å². The van der Waals surface area contributed by atoms with Gasteiger partial charge in [-0.05, 0) is 25.2 Å². The van der Waals surface area contributed by atoms with Crippen molar-refractivity contribution in [3.8, 4) is 0 Å². The predicted molar refractivity (Wildman–Crippen MR) is 38.4 cm³/mol. The lowest BCUT2D eigenvalue weighted by Gasteiger charge is -2.22. The molecule has 0 aromatic heterocycles. The van der Waals surface area contributed by atoms with Crippen molar-refractivity contribution in [3.05, 3.63) is 0 Å². The van der Waals surface area contributed by atoms with Gasteiger partial charge < -0.3 is 4.90 Å². The first-order valence-electron chi connectivity index (χ1n) is 3.97. The quantitative estimate of drug-likeness (QED) is 0.487. The summed E-state index contributed by atoms with van der Waals surface area (Å²) >= 11 is 0. The van der Waals surface area contributed by atoms with Gasteiger partial charge in [0.2, 0.25) is 5.91 Å². The maximum atomic E-state index is 10.9. The van der Waals surface area contributed by atoms with Crippen LogP contribution in [-0.4, -0.2) is 23.4 Å². The predicted octanol–water partition coefficient (Wildman–Crippen LogP) is 0.873. The van der Waals surface area contributed by atoms with Crippen LogP contribution in [0.2, 0.25) is 0 Å². The number of rotatable bonds is 0. The van der Waals surface area contributed by atoms with Gasteiger partial charge in [0.1, 0.15) is 0 Å². The molecular weight excluding hydrogens is 126 g/mol. The fraction of sp³-hybridized carbons (Fsp3) is 0.875. The molecule has 1 saturated heterocycles.